The van der Waals surface area contributed by atoms with Crippen molar-refractivity contribution in [1.82, 2.24) is 9.88 Å². The van der Waals surface area contributed by atoms with Crippen molar-refractivity contribution in [3.63, 3.8) is 0 Å². The summed E-state index contributed by atoms with van der Waals surface area (Å²) in [6, 6.07) is 6.19. The summed E-state index contributed by atoms with van der Waals surface area (Å²) in [4.78, 5) is 31.4. The SMILES string of the molecule is CC(C)(C)OC(=O)N1CCc2nc(NC(=O)Cc3ccccc3F)sc2C1. The predicted molar refractivity (Wildman–Crippen MR) is 101 cm³/mol. The monoisotopic (exact) mass is 391 g/mol. The molecule has 8 heteroatoms. The number of benzene rings is 1. The van der Waals surface area contributed by atoms with E-state index in [0.29, 0.717) is 30.2 Å². The molecule has 6 nitrogen and oxygen atoms in total. The number of aromatic nitrogens is 1. The van der Waals surface area contributed by atoms with Crippen molar-refractivity contribution >= 4 is 28.5 Å². The van der Waals surface area contributed by atoms with Crippen LogP contribution >= 0.6 is 11.3 Å². The zero-order valence-corrected chi connectivity index (χ0v) is 16.4. The van der Waals surface area contributed by atoms with Crippen LogP contribution in [0, 0.1) is 5.82 Å². The Balaban J connectivity index is 1.62. The highest BCUT2D eigenvalue weighted by Crippen LogP contribution is 2.29. The van der Waals surface area contributed by atoms with E-state index in [1.807, 2.05) is 20.8 Å². The van der Waals surface area contributed by atoms with Crippen LogP contribution in [0.3, 0.4) is 0 Å². The van der Waals surface area contributed by atoms with Gasteiger partial charge in [0.25, 0.3) is 0 Å². The maximum absolute atomic E-state index is 13.7. The van der Waals surface area contributed by atoms with Crippen LogP contribution in [0.5, 0.6) is 0 Å². The topological polar surface area (TPSA) is 71.5 Å². The highest BCUT2D eigenvalue weighted by atomic mass is 32.1. The maximum atomic E-state index is 13.7. The predicted octanol–water partition coefficient (Wildman–Crippen LogP) is 3.76. The molecular weight excluding hydrogens is 369 g/mol. The van der Waals surface area contributed by atoms with Crippen molar-refractivity contribution in [1.29, 1.82) is 0 Å². The Labute approximate surface area is 161 Å². The van der Waals surface area contributed by atoms with E-state index in [-0.39, 0.29) is 18.4 Å². The summed E-state index contributed by atoms with van der Waals surface area (Å²) < 4.78 is 19.1. The van der Waals surface area contributed by atoms with Gasteiger partial charge in [-0.1, -0.05) is 29.5 Å². The zero-order valence-electron chi connectivity index (χ0n) is 15.5. The summed E-state index contributed by atoms with van der Waals surface area (Å²) in [6.45, 7) is 6.42. The Bertz CT molecular complexity index is 860. The molecule has 0 radical (unpaired) electrons. The molecule has 1 aromatic heterocycles. The van der Waals surface area contributed by atoms with Crippen LogP contribution in [0.2, 0.25) is 0 Å². The molecule has 1 aliphatic heterocycles. The van der Waals surface area contributed by atoms with Gasteiger partial charge in [0.2, 0.25) is 5.91 Å². The Morgan fingerprint density at radius 2 is 2.07 bits per heavy atom. The van der Waals surface area contributed by atoms with Crippen LogP contribution in [0.1, 0.15) is 36.9 Å². The van der Waals surface area contributed by atoms with Crippen LogP contribution < -0.4 is 5.32 Å². The van der Waals surface area contributed by atoms with Gasteiger partial charge in [-0.3, -0.25) is 4.79 Å². The molecule has 0 saturated carbocycles. The molecule has 3 rings (SSSR count). The van der Waals surface area contributed by atoms with Crippen molar-refractivity contribution in [3.05, 3.63) is 46.2 Å². The van der Waals surface area contributed by atoms with Gasteiger partial charge in [0.1, 0.15) is 11.4 Å². The van der Waals surface area contributed by atoms with E-state index in [1.165, 1.54) is 17.4 Å². The number of nitrogens with one attached hydrogen (secondary N) is 1. The Kier molecular flexibility index (Phi) is 5.46. The van der Waals surface area contributed by atoms with Gasteiger partial charge in [0, 0.05) is 17.8 Å². The number of carbonyl (C=O) groups excluding carboxylic acids is 2. The van der Waals surface area contributed by atoms with Crippen molar-refractivity contribution < 1.29 is 18.7 Å². The van der Waals surface area contributed by atoms with Crippen LogP contribution in [0.4, 0.5) is 14.3 Å². The molecule has 0 spiro atoms. The fraction of sp³-hybridized carbons (Fsp3) is 0.421. The van der Waals surface area contributed by atoms with Gasteiger partial charge in [-0.25, -0.2) is 14.2 Å². The fourth-order valence-corrected chi connectivity index (χ4v) is 3.75. The smallest absolute Gasteiger partial charge is 0.410 e. The largest absolute Gasteiger partial charge is 0.444 e. The van der Waals surface area contributed by atoms with Gasteiger partial charge in [-0.2, -0.15) is 0 Å². The fourth-order valence-electron chi connectivity index (χ4n) is 2.71. The van der Waals surface area contributed by atoms with E-state index in [1.54, 1.807) is 23.1 Å². The normalized spacial score (nSPS) is 13.9. The van der Waals surface area contributed by atoms with Crippen molar-refractivity contribution in [2.75, 3.05) is 11.9 Å². The zero-order chi connectivity index (χ0) is 19.6. The lowest BCUT2D eigenvalue weighted by molar-refractivity contribution is -0.115. The number of amides is 2. The molecule has 1 N–H and O–H groups in total. The third-order valence-electron chi connectivity index (χ3n) is 3.94. The second-order valence-corrected chi connectivity index (χ2v) is 8.44. The van der Waals surface area contributed by atoms with Crippen LogP contribution in [-0.2, 0) is 28.9 Å². The molecule has 0 atom stereocenters. The molecule has 0 bridgehead atoms. The number of hydrogen-bond donors (Lipinski definition) is 1. The number of rotatable bonds is 3. The van der Waals surface area contributed by atoms with Crippen molar-refractivity contribution in [2.45, 2.75) is 45.8 Å². The molecular formula is C19H22FN3O3S. The first kappa shape index (κ1) is 19.3. The number of thiazole rings is 1. The quantitative estimate of drug-likeness (QED) is 0.865. The molecule has 27 heavy (non-hydrogen) atoms. The summed E-state index contributed by atoms with van der Waals surface area (Å²) in [5.74, 6) is -0.728. The maximum Gasteiger partial charge on any atom is 0.410 e. The van der Waals surface area contributed by atoms with E-state index in [9.17, 15) is 14.0 Å². The van der Waals surface area contributed by atoms with E-state index >= 15 is 0 Å². The van der Waals surface area contributed by atoms with E-state index in [0.717, 1.165) is 10.6 Å². The van der Waals surface area contributed by atoms with Crippen molar-refractivity contribution in [2.24, 2.45) is 0 Å². The summed E-state index contributed by atoms with van der Waals surface area (Å²) in [5.41, 5.74) is 0.671. The van der Waals surface area contributed by atoms with Gasteiger partial charge >= 0.3 is 6.09 Å². The number of anilines is 1. The molecule has 144 valence electrons. The summed E-state index contributed by atoms with van der Waals surface area (Å²) >= 11 is 1.33. The molecule has 1 aromatic carbocycles. The third kappa shape index (κ3) is 5.03. The van der Waals surface area contributed by atoms with Crippen LogP contribution in [0.25, 0.3) is 0 Å². The van der Waals surface area contributed by atoms with Gasteiger partial charge in [-0.15, -0.1) is 0 Å². The average Bonchev–Trinajstić information content (AvgIpc) is 2.96. The molecule has 0 aliphatic carbocycles. The highest BCUT2D eigenvalue weighted by molar-refractivity contribution is 7.15. The third-order valence-corrected chi connectivity index (χ3v) is 4.94. The molecule has 0 fully saturated rings. The first-order chi connectivity index (χ1) is 12.7. The molecule has 0 unspecified atom stereocenters. The molecule has 2 heterocycles. The van der Waals surface area contributed by atoms with E-state index < -0.39 is 11.4 Å². The van der Waals surface area contributed by atoms with Gasteiger partial charge < -0.3 is 15.0 Å². The van der Waals surface area contributed by atoms with Gasteiger partial charge in [0.05, 0.1) is 18.7 Å². The summed E-state index contributed by atoms with van der Waals surface area (Å²) in [6.07, 6.45) is 0.196. The number of halogens is 1. The Morgan fingerprint density at radius 1 is 1.33 bits per heavy atom. The second kappa shape index (κ2) is 7.64. The van der Waals surface area contributed by atoms with Crippen LogP contribution in [-0.4, -0.2) is 34.0 Å². The number of carbonyl (C=O) groups is 2. The lowest BCUT2D eigenvalue weighted by atomic mass is 10.1. The number of fused-ring (bicyclic) bond motifs is 1. The Morgan fingerprint density at radius 3 is 2.78 bits per heavy atom. The minimum Gasteiger partial charge on any atom is -0.444 e. The summed E-state index contributed by atoms with van der Waals surface area (Å²) in [5, 5.41) is 3.19. The minimum atomic E-state index is -0.545. The van der Waals surface area contributed by atoms with Gasteiger partial charge in [0.15, 0.2) is 5.13 Å². The first-order valence-corrected chi connectivity index (χ1v) is 9.53. The first-order valence-electron chi connectivity index (χ1n) is 8.71. The lowest BCUT2D eigenvalue weighted by Crippen LogP contribution is -2.39. The molecule has 0 saturated heterocycles. The number of hydrogen-bond acceptors (Lipinski definition) is 5. The van der Waals surface area contributed by atoms with E-state index in [4.69, 9.17) is 4.74 Å². The molecule has 2 amide bonds. The van der Waals surface area contributed by atoms with Gasteiger partial charge in [-0.05, 0) is 32.4 Å². The molecule has 1 aliphatic rings. The van der Waals surface area contributed by atoms with Crippen molar-refractivity contribution in [3.8, 4) is 0 Å². The Hall–Kier alpha value is -2.48. The average molecular weight is 391 g/mol. The second-order valence-electron chi connectivity index (χ2n) is 7.36. The number of ether oxygens (including phenoxy) is 1. The highest BCUT2D eigenvalue weighted by Gasteiger charge is 2.28. The standard InChI is InChI=1S/C19H22FN3O3S/c1-19(2,3)26-18(25)23-9-8-14-15(11-23)27-17(21-14)22-16(24)10-12-6-4-5-7-13(12)20/h4-7H,8-11H2,1-3H3,(H,21,22,24). The number of nitrogens with zero attached hydrogens (tertiary/aromatic N) is 2. The van der Waals surface area contributed by atoms with E-state index in [2.05, 4.69) is 10.3 Å². The minimum absolute atomic E-state index is 0.0546. The summed E-state index contributed by atoms with van der Waals surface area (Å²) in [7, 11) is 0. The van der Waals surface area contributed by atoms with Crippen LogP contribution in [0.15, 0.2) is 24.3 Å². The lowest BCUT2D eigenvalue weighted by Gasteiger charge is -2.29. The molecule has 2 aromatic rings.